The molecule has 0 aromatic carbocycles. The Morgan fingerprint density at radius 3 is 1.62 bits per heavy atom. The second-order valence-corrected chi connectivity index (χ2v) is 3.77. The van der Waals surface area contributed by atoms with Crippen LogP contribution in [0.15, 0.2) is 0 Å². The van der Waals surface area contributed by atoms with Crippen molar-refractivity contribution in [2.75, 3.05) is 13.2 Å². The molecule has 1 aliphatic carbocycles. The molecule has 0 spiro atoms. The molecule has 0 aromatic rings. The van der Waals surface area contributed by atoms with E-state index in [1.165, 1.54) is 0 Å². The minimum Gasteiger partial charge on any atom is -0.480 e. The maximum atomic E-state index is 10.4. The summed E-state index contributed by atoms with van der Waals surface area (Å²) < 4.78 is 10.3. The Balaban J connectivity index is 2.37. The van der Waals surface area contributed by atoms with Gasteiger partial charge in [-0.05, 0) is 12.8 Å². The Morgan fingerprint density at radius 1 is 0.938 bits per heavy atom. The first-order valence-electron chi connectivity index (χ1n) is 5.26. The molecule has 0 aliphatic heterocycles. The lowest BCUT2D eigenvalue weighted by Gasteiger charge is -2.30. The van der Waals surface area contributed by atoms with Crippen LogP contribution in [0.2, 0.25) is 0 Å². The number of hydrogen-bond donors (Lipinski definition) is 2. The molecular weight excluding hydrogens is 216 g/mol. The molecular formula is C10H16O6. The molecule has 1 aliphatic rings. The molecule has 1 saturated carbocycles. The van der Waals surface area contributed by atoms with Crippen LogP contribution in [0.1, 0.15) is 25.7 Å². The monoisotopic (exact) mass is 232 g/mol. The highest BCUT2D eigenvalue weighted by atomic mass is 16.6. The molecule has 16 heavy (non-hydrogen) atoms. The third-order valence-electron chi connectivity index (χ3n) is 2.48. The first-order valence-corrected chi connectivity index (χ1v) is 5.26. The van der Waals surface area contributed by atoms with Crippen LogP contribution in [-0.2, 0) is 19.1 Å². The number of ether oxygens (including phenoxy) is 2. The molecule has 6 nitrogen and oxygen atoms in total. The first kappa shape index (κ1) is 12.9. The summed E-state index contributed by atoms with van der Waals surface area (Å²) in [5.74, 6) is -2.05. The third-order valence-corrected chi connectivity index (χ3v) is 2.48. The number of carboxylic acid groups (broad SMARTS) is 2. The largest absolute Gasteiger partial charge is 0.480 e. The molecule has 92 valence electrons. The summed E-state index contributed by atoms with van der Waals surface area (Å²) >= 11 is 0. The van der Waals surface area contributed by atoms with Gasteiger partial charge in [-0.25, -0.2) is 9.59 Å². The fourth-order valence-corrected chi connectivity index (χ4v) is 1.80. The zero-order valence-corrected chi connectivity index (χ0v) is 8.92. The van der Waals surface area contributed by atoms with Gasteiger partial charge in [-0.3, -0.25) is 0 Å². The Bertz CT molecular complexity index is 226. The number of carboxylic acids is 2. The summed E-state index contributed by atoms with van der Waals surface area (Å²) in [6, 6.07) is 0. The van der Waals surface area contributed by atoms with E-state index in [0.717, 1.165) is 25.7 Å². The molecule has 0 heterocycles. The van der Waals surface area contributed by atoms with E-state index >= 15 is 0 Å². The van der Waals surface area contributed by atoms with Crippen LogP contribution in [0.3, 0.4) is 0 Å². The third kappa shape index (κ3) is 4.59. The van der Waals surface area contributed by atoms with E-state index in [9.17, 15) is 9.59 Å². The maximum Gasteiger partial charge on any atom is 0.329 e. The maximum absolute atomic E-state index is 10.4. The molecule has 0 bridgehead atoms. The molecule has 2 atom stereocenters. The predicted molar refractivity (Wildman–Crippen MR) is 53.2 cm³/mol. The van der Waals surface area contributed by atoms with E-state index < -0.39 is 11.9 Å². The van der Waals surface area contributed by atoms with E-state index in [4.69, 9.17) is 19.7 Å². The van der Waals surface area contributed by atoms with Gasteiger partial charge in [-0.2, -0.15) is 0 Å². The molecule has 1 fully saturated rings. The number of aliphatic carboxylic acids is 2. The topological polar surface area (TPSA) is 93.1 Å². The quantitative estimate of drug-likeness (QED) is 0.692. The van der Waals surface area contributed by atoms with Gasteiger partial charge < -0.3 is 19.7 Å². The van der Waals surface area contributed by atoms with E-state index in [1.807, 2.05) is 0 Å². The van der Waals surface area contributed by atoms with Crippen LogP contribution >= 0.6 is 0 Å². The molecule has 6 heteroatoms. The van der Waals surface area contributed by atoms with Gasteiger partial charge in [0.1, 0.15) is 13.2 Å². The highest BCUT2D eigenvalue weighted by Gasteiger charge is 2.27. The minimum absolute atomic E-state index is 0.302. The zero-order chi connectivity index (χ0) is 12.0. The van der Waals surface area contributed by atoms with Crippen molar-refractivity contribution in [1.29, 1.82) is 0 Å². The van der Waals surface area contributed by atoms with Crippen LogP contribution in [0.25, 0.3) is 0 Å². The highest BCUT2D eigenvalue weighted by molar-refractivity contribution is 5.68. The van der Waals surface area contributed by atoms with Gasteiger partial charge in [0.15, 0.2) is 0 Å². The molecule has 2 N–H and O–H groups in total. The van der Waals surface area contributed by atoms with Crippen LogP contribution < -0.4 is 0 Å². The Morgan fingerprint density at radius 2 is 1.31 bits per heavy atom. The number of rotatable bonds is 6. The lowest BCUT2D eigenvalue weighted by molar-refractivity contribution is -0.158. The summed E-state index contributed by atoms with van der Waals surface area (Å²) in [5.41, 5.74) is 0. The van der Waals surface area contributed by atoms with Crippen molar-refractivity contribution in [3.63, 3.8) is 0 Å². The van der Waals surface area contributed by atoms with Crippen LogP contribution in [0, 0.1) is 0 Å². The second-order valence-electron chi connectivity index (χ2n) is 3.77. The minimum atomic E-state index is -1.03. The van der Waals surface area contributed by atoms with Crippen LogP contribution in [0.4, 0.5) is 0 Å². The van der Waals surface area contributed by atoms with E-state index in [2.05, 4.69) is 0 Å². The smallest absolute Gasteiger partial charge is 0.329 e. The van der Waals surface area contributed by atoms with E-state index in [1.54, 1.807) is 0 Å². The van der Waals surface area contributed by atoms with Gasteiger partial charge in [0.05, 0.1) is 12.2 Å². The second kappa shape index (κ2) is 6.44. The summed E-state index contributed by atoms with van der Waals surface area (Å²) in [5, 5.41) is 17.0. The molecule has 0 aromatic heterocycles. The Hall–Kier alpha value is -1.14. The van der Waals surface area contributed by atoms with Crippen molar-refractivity contribution in [3.05, 3.63) is 0 Å². The zero-order valence-electron chi connectivity index (χ0n) is 8.92. The van der Waals surface area contributed by atoms with Crippen molar-refractivity contribution < 1.29 is 29.3 Å². The summed E-state index contributed by atoms with van der Waals surface area (Å²) in [6.45, 7) is -0.727. The summed E-state index contributed by atoms with van der Waals surface area (Å²) in [7, 11) is 0. The van der Waals surface area contributed by atoms with Gasteiger partial charge in [-0.15, -0.1) is 0 Å². The van der Waals surface area contributed by atoms with E-state index in [0.29, 0.717) is 0 Å². The molecule has 1 rings (SSSR count). The normalized spacial score (nSPS) is 25.2. The van der Waals surface area contributed by atoms with Gasteiger partial charge in [-0.1, -0.05) is 12.8 Å². The molecule has 0 unspecified atom stereocenters. The fraction of sp³-hybridized carbons (Fsp3) is 0.800. The Kier molecular flexibility index (Phi) is 5.21. The Labute approximate surface area is 93.2 Å². The molecule has 0 saturated heterocycles. The highest BCUT2D eigenvalue weighted by Crippen LogP contribution is 2.23. The standard InChI is InChI=1S/C10H16O6/c11-9(12)5-15-7-3-1-2-4-8(7)16-6-10(13)14/h7-8H,1-6H2,(H,11,12)(H,13,14)/t7-,8+. The number of hydrogen-bond acceptors (Lipinski definition) is 4. The molecule has 0 radical (unpaired) electrons. The average Bonchev–Trinajstić information content (AvgIpc) is 2.24. The van der Waals surface area contributed by atoms with Gasteiger partial charge in [0, 0.05) is 0 Å². The van der Waals surface area contributed by atoms with Crippen molar-refractivity contribution in [1.82, 2.24) is 0 Å². The number of carbonyl (C=O) groups is 2. The summed E-state index contributed by atoms with van der Waals surface area (Å²) in [6.07, 6.45) is 2.75. The van der Waals surface area contributed by atoms with Crippen LogP contribution in [-0.4, -0.2) is 47.6 Å². The fourth-order valence-electron chi connectivity index (χ4n) is 1.80. The predicted octanol–water partition coefficient (Wildman–Crippen LogP) is 0.500. The van der Waals surface area contributed by atoms with Gasteiger partial charge in [0.2, 0.25) is 0 Å². The van der Waals surface area contributed by atoms with Crippen molar-refractivity contribution in [3.8, 4) is 0 Å². The lowest BCUT2D eigenvalue weighted by atomic mass is 9.94. The van der Waals surface area contributed by atoms with Crippen molar-refractivity contribution in [2.24, 2.45) is 0 Å². The average molecular weight is 232 g/mol. The van der Waals surface area contributed by atoms with Crippen molar-refractivity contribution >= 4 is 11.9 Å². The molecule has 0 amide bonds. The van der Waals surface area contributed by atoms with Crippen molar-refractivity contribution in [2.45, 2.75) is 37.9 Å². The van der Waals surface area contributed by atoms with Gasteiger partial charge >= 0.3 is 11.9 Å². The van der Waals surface area contributed by atoms with E-state index in [-0.39, 0.29) is 25.4 Å². The lowest BCUT2D eigenvalue weighted by Crippen LogP contribution is -2.37. The summed E-state index contributed by atoms with van der Waals surface area (Å²) in [4.78, 5) is 20.7. The SMILES string of the molecule is O=C(O)CO[C@H]1CCCC[C@H]1OCC(=O)O. The van der Waals surface area contributed by atoms with Crippen LogP contribution in [0.5, 0.6) is 0 Å². The van der Waals surface area contributed by atoms with Gasteiger partial charge in [0.25, 0.3) is 0 Å². The first-order chi connectivity index (χ1) is 7.59.